The molecule has 0 unspecified atom stereocenters. The Morgan fingerprint density at radius 1 is 0.955 bits per heavy atom. The molecule has 2 amide bonds. The molecule has 1 fully saturated rings. The van der Waals surface area contributed by atoms with Gasteiger partial charge >= 0.3 is 0 Å². The second-order valence-corrected chi connectivity index (χ2v) is 5.13. The minimum Gasteiger partial charge on any atom is -0.459 e. The summed E-state index contributed by atoms with van der Waals surface area (Å²) < 4.78 is 5.15. The van der Waals surface area contributed by atoms with Crippen LogP contribution in [0.2, 0.25) is 0 Å². The van der Waals surface area contributed by atoms with E-state index in [4.69, 9.17) is 4.42 Å². The Morgan fingerprint density at radius 3 is 2.36 bits per heavy atom. The molecule has 0 aromatic carbocycles. The van der Waals surface area contributed by atoms with Crippen molar-refractivity contribution >= 4 is 11.8 Å². The molecular weight excluding hydrogens is 282 g/mol. The maximum absolute atomic E-state index is 12.4. The Balaban J connectivity index is 1.65. The van der Waals surface area contributed by atoms with Crippen LogP contribution in [0.25, 0.3) is 0 Å². The summed E-state index contributed by atoms with van der Waals surface area (Å²) in [7, 11) is 0. The number of nitrogens with zero attached hydrogens (tertiary/aromatic N) is 3. The predicted molar refractivity (Wildman–Crippen MR) is 79.4 cm³/mol. The van der Waals surface area contributed by atoms with Gasteiger partial charge in [0.25, 0.3) is 11.8 Å². The van der Waals surface area contributed by atoms with Crippen molar-refractivity contribution in [3.8, 4) is 0 Å². The van der Waals surface area contributed by atoms with Gasteiger partial charge in [-0.05, 0) is 30.7 Å². The first-order valence-corrected chi connectivity index (χ1v) is 7.29. The third kappa shape index (κ3) is 3.00. The molecule has 3 rings (SSSR count). The minimum atomic E-state index is -0.128. The molecule has 0 atom stereocenters. The first-order valence-electron chi connectivity index (χ1n) is 7.29. The number of pyridine rings is 1. The van der Waals surface area contributed by atoms with Crippen molar-refractivity contribution in [2.24, 2.45) is 0 Å². The Hall–Kier alpha value is -2.63. The van der Waals surface area contributed by atoms with Gasteiger partial charge in [0.2, 0.25) is 0 Å². The smallest absolute Gasteiger partial charge is 0.289 e. The summed E-state index contributed by atoms with van der Waals surface area (Å²) in [5.74, 6) is 0.120. The molecule has 0 aliphatic carbocycles. The van der Waals surface area contributed by atoms with Crippen LogP contribution in [-0.2, 0) is 0 Å². The van der Waals surface area contributed by atoms with E-state index in [2.05, 4.69) is 4.98 Å². The molecule has 22 heavy (non-hydrogen) atoms. The highest BCUT2D eigenvalue weighted by Gasteiger charge is 2.24. The van der Waals surface area contributed by atoms with Crippen molar-refractivity contribution < 1.29 is 14.0 Å². The molecular formula is C16H17N3O3. The SMILES string of the molecule is O=C(c1ccccn1)N1CCCN(C(=O)c2ccco2)CC1. The molecule has 0 N–H and O–H groups in total. The number of furan rings is 1. The Morgan fingerprint density at radius 2 is 1.73 bits per heavy atom. The van der Waals surface area contributed by atoms with Crippen molar-refractivity contribution in [1.82, 2.24) is 14.8 Å². The number of rotatable bonds is 2. The summed E-state index contributed by atoms with van der Waals surface area (Å²) >= 11 is 0. The first kappa shape index (κ1) is 14.3. The summed E-state index contributed by atoms with van der Waals surface area (Å²) in [6.45, 7) is 2.24. The number of hydrogen-bond acceptors (Lipinski definition) is 4. The largest absolute Gasteiger partial charge is 0.459 e. The topological polar surface area (TPSA) is 66.7 Å². The van der Waals surface area contributed by atoms with Crippen LogP contribution in [0.15, 0.2) is 47.2 Å². The van der Waals surface area contributed by atoms with Crippen LogP contribution in [0.1, 0.15) is 27.5 Å². The number of hydrogen-bond donors (Lipinski definition) is 0. The van der Waals surface area contributed by atoms with Crippen molar-refractivity contribution in [2.45, 2.75) is 6.42 Å². The van der Waals surface area contributed by atoms with E-state index in [0.29, 0.717) is 37.6 Å². The van der Waals surface area contributed by atoms with Gasteiger partial charge in [0.1, 0.15) is 5.69 Å². The lowest BCUT2D eigenvalue weighted by molar-refractivity contribution is 0.0698. The first-order chi connectivity index (χ1) is 10.8. The van der Waals surface area contributed by atoms with Crippen LogP contribution in [0.4, 0.5) is 0 Å². The molecule has 2 aromatic heterocycles. The Bertz CT molecular complexity index is 640. The number of amides is 2. The second-order valence-electron chi connectivity index (χ2n) is 5.13. The van der Waals surface area contributed by atoms with Gasteiger partial charge in [0.15, 0.2) is 5.76 Å². The highest BCUT2D eigenvalue weighted by atomic mass is 16.3. The van der Waals surface area contributed by atoms with Crippen LogP contribution in [0.5, 0.6) is 0 Å². The highest BCUT2D eigenvalue weighted by molar-refractivity contribution is 5.93. The predicted octanol–water partition coefficient (Wildman–Crippen LogP) is 1.66. The normalized spacial score (nSPS) is 15.5. The van der Waals surface area contributed by atoms with Crippen LogP contribution in [-0.4, -0.2) is 52.8 Å². The highest BCUT2D eigenvalue weighted by Crippen LogP contribution is 2.11. The van der Waals surface area contributed by atoms with E-state index in [9.17, 15) is 9.59 Å². The molecule has 0 saturated carbocycles. The fraction of sp³-hybridized carbons (Fsp3) is 0.312. The van der Waals surface area contributed by atoms with E-state index in [1.807, 2.05) is 0 Å². The lowest BCUT2D eigenvalue weighted by Gasteiger charge is -2.21. The average Bonchev–Trinajstić information content (AvgIpc) is 2.99. The second kappa shape index (κ2) is 6.43. The molecule has 6 heteroatoms. The van der Waals surface area contributed by atoms with Crippen molar-refractivity contribution in [3.63, 3.8) is 0 Å². The maximum Gasteiger partial charge on any atom is 0.289 e. The summed E-state index contributed by atoms with van der Waals surface area (Å²) in [5.41, 5.74) is 0.438. The van der Waals surface area contributed by atoms with Gasteiger partial charge in [-0.25, -0.2) is 0 Å². The fourth-order valence-corrected chi connectivity index (χ4v) is 2.53. The van der Waals surface area contributed by atoms with Gasteiger partial charge in [-0.15, -0.1) is 0 Å². The molecule has 0 spiro atoms. The zero-order valence-corrected chi connectivity index (χ0v) is 12.1. The summed E-state index contributed by atoms with van der Waals surface area (Å²) in [4.78, 5) is 32.2. The van der Waals surface area contributed by atoms with E-state index in [-0.39, 0.29) is 11.8 Å². The van der Waals surface area contributed by atoms with E-state index in [1.54, 1.807) is 46.3 Å². The molecule has 114 valence electrons. The molecule has 1 aliphatic rings. The van der Waals surface area contributed by atoms with Crippen LogP contribution in [0.3, 0.4) is 0 Å². The van der Waals surface area contributed by atoms with Gasteiger partial charge in [0, 0.05) is 32.4 Å². The van der Waals surface area contributed by atoms with Crippen molar-refractivity contribution in [3.05, 3.63) is 54.2 Å². The number of carbonyl (C=O) groups excluding carboxylic acids is 2. The Labute approximate surface area is 128 Å². The quantitative estimate of drug-likeness (QED) is 0.846. The third-order valence-electron chi connectivity index (χ3n) is 3.69. The van der Waals surface area contributed by atoms with E-state index in [1.165, 1.54) is 6.26 Å². The van der Waals surface area contributed by atoms with Gasteiger partial charge < -0.3 is 14.2 Å². The third-order valence-corrected chi connectivity index (χ3v) is 3.69. The molecule has 1 saturated heterocycles. The molecule has 0 radical (unpaired) electrons. The fourth-order valence-electron chi connectivity index (χ4n) is 2.53. The van der Waals surface area contributed by atoms with E-state index >= 15 is 0 Å². The molecule has 0 bridgehead atoms. The van der Waals surface area contributed by atoms with Gasteiger partial charge in [-0.1, -0.05) is 6.07 Å². The molecule has 2 aromatic rings. The summed E-state index contributed by atoms with van der Waals surface area (Å²) in [5, 5.41) is 0. The monoisotopic (exact) mass is 299 g/mol. The van der Waals surface area contributed by atoms with Gasteiger partial charge in [-0.2, -0.15) is 0 Å². The summed E-state index contributed by atoms with van der Waals surface area (Å²) in [6, 6.07) is 8.64. The lowest BCUT2D eigenvalue weighted by Crippen LogP contribution is -2.37. The van der Waals surface area contributed by atoms with Crippen LogP contribution >= 0.6 is 0 Å². The number of aromatic nitrogens is 1. The van der Waals surface area contributed by atoms with Gasteiger partial charge in [0.05, 0.1) is 6.26 Å². The maximum atomic E-state index is 12.4. The van der Waals surface area contributed by atoms with Crippen LogP contribution in [0, 0.1) is 0 Å². The average molecular weight is 299 g/mol. The lowest BCUT2D eigenvalue weighted by atomic mass is 10.3. The minimum absolute atomic E-state index is 0.0899. The molecule has 6 nitrogen and oxygen atoms in total. The summed E-state index contributed by atoms with van der Waals surface area (Å²) in [6.07, 6.45) is 3.84. The zero-order chi connectivity index (χ0) is 15.4. The zero-order valence-electron chi connectivity index (χ0n) is 12.1. The van der Waals surface area contributed by atoms with E-state index < -0.39 is 0 Å². The van der Waals surface area contributed by atoms with Gasteiger partial charge in [-0.3, -0.25) is 14.6 Å². The molecule has 3 heterocycles. The van der Waals surface area contributed by atoms with Crippen molar-refractivity contribution in [1.29, 1.82) is 0 Å². The Kier molecular flexibility index (Phi) is 4.18. The molecule has 1 aliphatic heterocycles. The van der Waals surface area contributed by atoms with Crippen LogP contribution < -0.4 is 0 Å². The standard InChI is InChI=1S/C16H17N3O3/c20-15(13-5-1-2-7-17-13)18-8-4-9-19(11-10-18)16(21)14-6-3-12-22-14/h1-3,5-7,12H,4,8-11H2. The van der Waals surface area contributed by atoms with Crippen molar-refractivity contribution in [2.75, 3.05) is 26.2 Å². The number of carbonyl (C=O) groups is 2. The van der Waals surface area contributed by atoms with E-state index in [0.717, 1.165) is 6.42 Å².